The zero-order chi connectivity index (χ0) is 52.9. The van der Waals surface area contributed by atoms with E-state index in [1.54, 1.807) is 69.3 Å². The summed E-state index contributed by atoms with van der Waals surface area (Å²) in [6.45, 7) is 14.1. The van der Waals surface area contributed by atoms with Crippen LogP contribution in [-0.2, 0) is 67.3 Å². The Morgan fingerprint density at radius 2 is 1.56 bits per heavy atom. The van der Waals surface area contributed by atoms with Crippen molar-refractivity contribution in [1.82, 2.24) is 21.3 Å². The van der Waals surface area contributed by atoms with Crippen molar-refractivity contribution >= 4 is 58.9 Å². The van der Waals surface area contributed by atoms with Crippen LogP contribution in [0.15, 0.2) is 78.9 Å². The minimum atomic E-state index is -1.26. The van der Waals surface area contributed by atoms with Crippen LogP contribution in [0.4, 0.5) is 10.5 Å². The molecule has 2 aliphatic heterocycles. The fourth-order valence-electron chi connectivity index (χ4n) is 7.63. The van der Waals surface area contributed by atoms with E-state index < -0.39 is 77.4 Å². The molecule has 5 amide bonds. The second-order valence-corrected chi connectivity index (χ2v) is 20.1. The van der Waals surface area contributed by atoms with Gasteiger partial charge in [0.1, 0.15) is 36.6 Å². The van der Waals surface area contributed by atoms with Gasteiger partial charge in [0, 0.05) is 37.5 Å². The van der Waals surface area contributed by atoms with Gasteiger partial charge in [0.15, 0.2) is 6.10 Å². The fourth-order valence-corrected chi connectivity index (χ4v) is 7.91. The van der Waals surface area contributed by atoms with Crippen LogP contribution in [0.2, 0.25) is 5.02 Å². The molecule has 0 spiro atoms. The molecule has 7 N–H and O–H groups in total. The highest BCUT2D eigenvalue weighted by Crippen LogP contribution is 2.45. The molecule has 2 heterocycles. The topological polar surface area (TPSA) is 255 Å². The van der Waals surface area contributed by atoms with Crippen molar-refractivity contribution in [2.45, 2.75) is 130 Å². The van der Waals surface area contributed by atoms with Crippen LogP contribution in [0.25, 0.3) is 0 Å². The molecule has 390 valence electrons. The molecule has 3 aromatic rings. The number of cyclic esters (lactones) is 2. The number of methoxy groups -OCH3 is 1. The number of amides is 5. The zero-order valence-electron chi connectivity index (χ0n) is 42.4. The summed E-state index contributed by atoms with van der Waals surface area (Å²) in [5, 5.41) is 14.0. The molecule has 3 aromatic carbocycles. The first kappa shape index (κ1) is 56.4. The maximum absolute atomic E-state index is 13.9. The molecule has 1 fully saturated rings. The standard InChI is InChI=1S/C53H69ClN6O12/c1-29(2)23-42-50(65)70-40(11-10-12-43(61)60-39(25-35-17-22-41(68-9)38(54)24-35)48(63)57-28-53(7,8)51(66)71-42)31(5)45-46(72-45)36-18-13-33(14-19-36)26-56-52(67)69-27-34-15-20-37(21-16-34)59-47(62)32(6)58-49(64)44(55)30(3)4/h10,12-22,24,29-32,39-40,42,44-46H,11,23,25-28,55H2,1-9H3,(H,56,67)(H,57,63)(H,58,64)(H,59,62)(H,60,61)/b12-10+/t31-,32-,39?,40?,42-,44-,45+,46+/m0/s1. The number of halogens is 1. The third-order valence-electron chi connectivity index (χ3n) is 12.4. The van der Waals surface area contributed by atoms with Crippen LogP contribution in [0, 0.1) is 23.2 Å². The van der Waals surface area contributed by atoms with Crippen molar-refractivity contribution in [2.75, 3.05) is 19.0 Å². The van der Waals surface area contributed by atoms with Crippen molar-refractivity contribution in [1.29, 1.82) is 0 Å². The lowest BCUT2D eigenvalue weighted by Crippen LogP contribution is -2.51. The van der Waals surface area contributed by atoms with E-state index in [1.165, 1.54) is 13.2 Å². The SMILES string of the molecule is COc1ccc(CC2NC(=O)/C=C/CC([C@H](C)[C@H]3O[C@@H]3c3ccc(CNC(=O)OCc4ccc(NC(=O)[C@H](C)NC(=O)[C@@H](N)C(C)C)cc4)cc3)OC(=O)[C@H](CC(C)C)OC(=O)C(C)(C)CNC2=O)cc1Cl. The monoisotopic (exact) mass is 1020 g/mol. The number of esters is 2. The molecule has 0 radical (unpaired) electrons. The lowest BCUT2D eigenvalue weighted by Gasteiger charge is -2.29. The highest BCUT2D eigenvalue weighted by Gasteiger charge is 2.48. The van der Waals surface area contributed by atoms with Gasteiger partial charge in [0.05, 0.1) is 29.7 Å². The van der Waals surface area contributed by atoms with E-state index in [1.807, 2.05) is 58.9 Å². The van der Waals surface area contributed by atoms with E-state index in [0.717, 1.165) is 11.1 Å². The van der Waals surface area contributed by atoms with Crippen LogP contribution in [-0.4, -0.2) is 91.8 Å². The van der Waals surface area contributed by atoms with E-state index in [9.17, 15) is 33.6 Å². The maximum atomic E-state index is 13.9. The van der Waals surface area contributed by atoms with Crippen molar-refractivity contribution in [3.63, 3.8) is 0 Å². The molecular formula is C53H69ClN6O12. The zero-order valence-corrected chi connectivity index (χ0v) is 43.1. The van der Waals surface area contributed by atoms with Crippen molar-refractivity contribution in [2.24, 2.45) is 28.9 Å². The molecule has 0 aromatic heterocycles. The number of carbonyl (C=O) groups is 7. The summed E-state index contributed by atoms with van der Waals surface area (Å²) < 4.78 is 28.8. The number of anilines is 1. The second kappa shape index (κ2) is 25.7. The lowest BCUT2D eigenvalue weighted by atomic mass is 9.92. The maximum Gasteiger partial charge on any atom is 0.407 e. The molecule has 2 aliphatic rings. The van der Waals surface area contributed by atoms with Crippen molar-refractivity contribution in [3.8, 4) is 5.75 Å². The number of alkyl carbamates (subject to hydrolysis) is 1. The molecule has 0 aliphatic carbocycles. The largest absolute Gasteiger partial charge is 0.495 e. The summed E-state index contributed by atoms with van der Waals surface area (Å²) in [5.74, 6) is -3.40. The molecule has 8 atom stereocenters. The third-order valence-corrected chi connectivity index (χ3v) is 12.7. The number of rotatable bonds is 17. The first-order valence-electron chi connectivity index (χ1n) is 24.1. The number of benzene rings is 3. The van der Waals surface area contributed by atoms with E-state index >= 15 is 0 Å². The molecule has 0 bridgehead atoms. The van der Waals surface area contributed by atoms with Gasteiger partial charge in [-0.1, -0.05) is 94.8 Å². The summed E-state index contributed by atoms with van der Waals surface area (Å²) in [5.41, 5.74) is 8.12. The Bertz CT molecular complexity index is 2430. The molecule has 19 heteroatoms. The Morgan fingerprint density at radius 1 is 0.889 bits per heavy atom. The smallest absolute Gasteiger partial charge is 0.407 e. The summed E-state index contributed by atoms with van der Waals surface area (Å²) in [6.07, 6.45) is -0.137. The van der Waals surface area contributed by atoms with Crippen LogP contribution in [0.3, 0.4) is 0 Å². The van der Waals surface area contributed by atoms with Gasteiger partial charge in [-0.05, 0) is 91.6 Å². The molecular weight excluding hydrogens is 948 g/mol. The van der Waals surface area contributed by atoms with Crippen LogP contribution in [0.1, 0.15) is 96.6 Å². The predicted molar refractivity (Wildman–Crippen MR) is 269 cm³/mol. The molecule has 18 nitrogen and oxygen atoms in total. The molecule has 5 rings (SSSR count). The Hall–Kier alpha value is -6.50. The van der Waals surface area contributed by atoms with Crippen molar-refractivity contribution in [3.05, 3.63) is 106 Å². The lowest BCUT2D eigenvalue weighted by molar-refractivity contribution is -0.179. The molecule has 1 saturated heterocycles. The average Bonchev–Trinajstić information content (AvgIpc) is 4.14. The number of hydrogen-bond donors (Lipinski definition) is 6. The Morgan fingerprint density at radius 3 is 2.19 bits per heavy atom. The van der Waals surface area contributed by atoms with Gasteiger partial charge in [-0.25, -0.2) is 9.59 Å². The first-order valence-corrected chi connectivity index (χ1v) is 24.5. The molecule has 0 saturated carbocycles. The summed E-state index contributed by atoms with van der Waals surface area (Å²) in [6, 6.07) is 16.7. The van der Waals surface area contributed by atoms with E-state index in [4.69, 9.17) is 41.0 Å². The van der Waals surface area contributed by atoms with Gasteiger partial charge in [-0.15, -0.1) is 0 Å². The normalized spacial score (nSPS) is 22.2. The first-order chi connectivity index (χ1) is 34.0. The summed E-state index contributed by atoms with van der Waals surface area (Å²) in [4.78, 5) is 92.0. The number of hydrogen-bond acceptors (Lipinski definition) is 13. The Labute approximate surface area is 426 Å². The van der Waals surface area contributed by atoms with Gasteiger partial charge >= 0.3 is 18.0 Å². The number of nitrogens with two attached hydrogens (primary N) is 1. The van der Waals surface area contributed by atoms with Crippen LogP contribution in [0.5, 0.6) is 5.75 Å². The Kier molecular flexibility index (Phi) is 20.2. The minimum absolute atomic E-state index is 0.0151. The highest BCUT2D eigenvalue weighted by atomic mass is 35.5. The summed E-state index contributed by atoms with van der Waals surface area (Å²) >= 11 is 6.37. The number of epoxide rings is 1. The summed E-state index contributed by atoms with van der Waals surface area (Å²) in [7, 11) is 1.49. The van der Waals surface area contributed by atoms with Gasteiger partial charge in [0.2, 0.25) is 23.6 Å². The third kappa shape index (κ3) is 16.5. The fraction of sp³-hybridized carbons (Fsp3) is 0.491. The van der Waals surface area contributed by atoms with E-state index in [2.05, 4.69) is 26.6 Å². The highest BCUT2D eigenvalue weighted by molar-refractivity contribution is 6.32. The number of ether oxygens (including phenoxy) is 5. The minimum Gasteiger partial charge on any atom is -0.495 e. The van der Waals surface area contributed by atoms with Gasteiger partial charge < -0.3 is 56.0 Å². The average molecular weight is 1020 g/mol. The number of carbonyl (C=O) groups excluding carboxylic acids is 7. The second-order valence-electron chi connectivity index (χ2n) is 19.7. The van der Waals surface area contributed by atoms with Crippen molar-refractivity contribution < 1.29 is 57.2 Å². The van der Waals surface area contributed by atoms with Gasteiger partial charge in [-0.3, -0.25) is 24.0 Å². The van der Waals surface area contributed by atoms with E-state index in [0.29, 0.717) is 27.6 Å². The molecule has 2 unspecified atom stereocenters. The Balaban J connectivity index is 1.18. The molecule has 72 heavy (non-hydrogen) atoms. The predicted octanol–water partition coefficient (Wildman–Crippen LogP) is 5.98. The van der Waals surface area contributed by atoms with Gasteiger partial charge in [0.25, 0.3) is 0 Å². The van der Waals surface area contributed by atoms with Crippen LogP contribution < -0.4 is 37.1 Å². The van der Waals surface area contributed by atoms with Crippen LogP contribution >= 0.6 is 11.6 Å². The van der Waals surface area contributed by atoms with Gasteiger partial charge in [-0.2, -0.15) is 0 Å². The van der Waals surface area contributed by atoms with E-state index in [-0.39, 0.29) is 68.9 Å². The quantitative estimate of drug-likeness (QED) is 0.0518. The number of nitrogens with one attached hydrogen (secondary N) is 5.